The zero-order chi connectivity index (χ0) is 24.6. The molecule has 2 aromatic heterocycles. The monoisotopic (exact) mass is 479 g/mol. The topological polar surface area (TPSA) is 94.1 Å². The number of ether oxygens (including phenoxy) is 1. The van der Waals surface area contributed by atoms with E-state index in [9.17, 15) is 18.8 Å². The number of thioether (sulfide) groups is 1. The van der Waals surface area contributed by atoms with Gasteiger partial charge in [0.1, 0.15) is 5.82 Å². The first-order valence-electron chi connectivity index (χ1n) is 10.5. The van der Waals surface area contributed by atoms with Crippen LogP contribution in [0.15, 0.2) is 58.5 Å². The minimum Gasteiger partial charge on any atom is -0.465 e. The molecule has 0 aliphatic heterocycles. The molecule has 0 fully saturated rings. The lowest BCUT2D eigenvalue weighted by atomic mass is 10.1. The number of rotatable bonds is 6. The Labute approximate surface area is 199 Å². The number of halogens is 1. The van der Waals surface area contributed by atoms with Gasteiger partial charge in [-0.2, -0.15) is 0 Å². The average Bonchev–Trinajstić information content (AvgIpc) is 3.12. The van der Waals surface area contributed by atoms with Gasteiger partial charge in [0.05, 0.1) is 40.2 Å². The lowest BCUT2D eigenvalue weighted by Crippen LogP contribution is -2.24. The summed E-state index contributed by atoms with van der Waals surface area (Å²) in [6.07, 6.45) is 0. The summed E-state index contributed by atoms with van der Waals surface area (Å²) >= 11 is 1.11. The third-order valence-electron chi connectivity index (χ3n) is 5.55. The minimum atomic E-state index is -0.651. The van der Waals surface area contributed by atoms with Crippen LogP contribution in [0, 0.1) is 19.7 Å². The van der Waals surface area contributed by atoms with Gasteiger partial charge < -0.3 is 9.72 Å². The highest BCUT2D eigenvalue weighted by molar-refractivity contribution is 8.00. The maximum Gasteiger partial charge on any atom is 0.339 e. The zero-order valence-corrected chi connectivity index (χ0v) is 19.8. The molecule has 1 N–H and O–H groups in total. The number of hydrogen-bond acceptors (Lipinski definition) is 6. The molecule has 0 aliphatic carbocycles. The van der Waals surface area contributed by atoms with E-state index in [2.05, 4.69) is 9.97 Å². The molecule has 0 bridgehead atoms. The molecule has 0 saturated carbocycles. The number of aromatic amines is 1. The first-order chi connectivity index (χ1) is 16.2. The number of benzene rings is 2. The van der Waals surface area contributed by atoms with Crippen molar-refractivity contribution in [2.24, 2.45) is 0 Å². The summed E-state index contributed by atoms with van der Waals surface area (Å²) in [6.45, 7) is 5.09. The maximum absolute atomic E-state index is 13.5. The molecule has 0 unspecified atom stereocenters. The van der Waals surface area contributed by atoms with E-state index < -0.39 is 17.0 Å². The van der Waals surface area contributed by atoms with Crippen LogP contribution in [0.2, 0.25) is 0 Å². The van der Waals surface area contributed by atoms with Gasteiger partial charge in [0, 0.05) is 5.69 Å². The van der Waals surface area contributed by atoms with Gasteiger partial charge in [0.15, 0.2) is 10.9 Å². The number of nitrogens with one attached hydrogen (secondary N) is 1. The summed E-state index contributed by atoms with van der Waals surface area (Å²) in [4.78, 5) is 46.4. The van der Waals surface area contributed by atoms with Gasteiger partial charge >= 0.3 is 5.97 Å². The molecule has 2 heterocycles. The van der Waals surface area contributed by atoms with Crippen molar-refractivity contribution < 1.29 is 18.7 Å². The molecule has 34 heavy (non-hydrogen) atoms. The first-order valence-corrected chi connectivity index (χ1v) is 11.4. The van der Waals surface area contributed by atoms with E-state index >= 15 is 0 Å². The normalized spacial score (nSPS) is 12.0. The Hall–Kier alpha value is -3.72. The van der Waals surface area contributed by atoms with Crippen molar-refractivity contribution in [3.05, 3.63) is 87.2 Å². The van der Waals surface area contributed by atoms with E-state index in [1.54, 1.807) is 45.0 Å². The Morgan fingerprint density at radius 3 is 2.47 bits per heavy atom. The summed E-state index contributed by atoms with van der Waals surface area (Å²) in [5, 5.41) is 0.0565. The molecular formula is C25H22FN3O4S. The van der Waals surface area contributed by atoms with Gasteiger partial charge in [-0.25, -0.2) is 14.2 Å². The van der Waals surface area contributed by atoms with E-state index in [1.807, 2.05) is 0 Å². The van der Waals surface area contributed by atoms with E-state index in [0.717, 1.165) is 11.8 Å². The van der Waals surface area contributed by atoms with E-state index in [0.29, 0.717) is 44.3 Å². The Morgan fingerprint density at radius 1 is 1.12 bits per heavy atom. The van der Waals surface area contributed by atoms with Crippen LogP contribution in [0.5, 0.6) is 0 Å². The second-order valence-electron chi connectivity index (χ2n) is 7.77. The van der Waals surface area contributed by atoms with Crippen molar-refractivity contribution in [3.63, 3.8) is 0 Å². The molecule has 0 saturated heterocycles. The van der Waals surface area contributed by atoms with E-state index in [4.69, 9.17) is 4.74 Å². The smallest absolute Gasteiger partial charge is 0.339 e. The van der Waals surface area contributed by atoms with Crippen LogP contribution in [0.25, 0.3) is 16.6 Å². The molecule has 7 nitrogen and oxygen atoms in total. The molecule has 174 valence electrons. The molecule has 1 atom stereocenters. The van der Waals surface area contributed by atoms with Crippen LogP contribution >= 0.6 is 11.8 Å². The Morgan fingerprint density at radius 2 is 1.79 bits per heavy atom. The molecule has 0 amide bonds. The molecule has 0 aliphatic rings. The minimum absolute atomic E-state index is 0.256. The molecule has 0 spiro atoms. The molecule has 9 heteroatoms. The predicted octanol–water partition coefficient (Wildman–Crippen LogP) is 4.62. The third kappa shape index (κ3) is 4.14. The number of Topliss-reactive ketones (excluding diaryl/α,β-unsaturated/α-hetero) is 1. The number of carbonyl (C=O) groups is 2. The Bertz CT molecular complexity index is 1470. The standard InChI is InChI=1S/C25H22FN3O4S/c1-13-20(24(32)33-4)14(2)27-21(13)22(30)15(3)34-25-28-19-8-6-5-7-18(19)23(31)29(25)17-11-9-16(26)10-12-17/h5-12,15,27H,1-4H3/t15-/m0/s1. The van der Waals surface area contributed by atoms with Crippen molar-refractivity contribution in [3.8, 4) is 5.69 Å². The van der Waals surface area contributed by atoms with Crippen molar-refractivity contribution in [1.29, 1.82) is 0 Å². The van der Waals surface area contributed by atoms with Gasteiger partial charge in [0.25, 0.3) is 5.56 Å². The van der Waals surface area contributed by atoms with Crippen molar-refractivity contribution in [2.75, 3.05) is 7.11 Å². The van der Waals surface area contributed by atoms with Crippen LogP contribution < -0.4 is 5.56 Å². The van der Waals surface area contributed by atoms with Crippen LogP contribution in [0.3, 0.4) is 0 Å². The molecule has 0 radical (unpaired) electrons. The van der Waals surface area contributed by atoms with Gasteiger partial charge in [-0.05, 0) is 62.7 Å². The largest absolute Gasteiger partial charge is 0.465 e. The maximum atomic E-state index is 13.5. The van der Waals surface area contributed by atoms with Gasteiger partial charge in [-0.15, -0.1) is 0 Å². The van der Waals surface area contributed by atoms with Crippen molar-refractivity contribution >= 4 is 34.4 Å². The fourth-order valence-electron chi connectivity index (χ4n) is 3.83. The number of fused-ring (bicyclic) bond motifs is 1. The lowest BCUT2D eigenvalue weighted by Gasteiger charge is -2.16. The van der Waals surface area contributed by atoms with E-state index in [1.165, 1.54) is 35.9 Å². The second kappa shape index (κ2) is 9.26. The number of hydrogen-bond donors (Lipinski definition) is 1. The van der Waals surface area contributed by atoms with Crippen LogP contribution in [-0.2, 0) is 4.74 Å². The SMILES string of the molecule is COC(=O)c1c(C)[nH]c(C(=O)[C@H](C)Sc2nc3ccccc3c(=O)n2-c2ccc(F)cc2)c1C. The summed E-state index contributed by atoms with van der Waals surface area (Å²) in [5.74, 6) is -1.21. The van der Waals surface area contributed by atoms with Gasteiger partial charge in [0.2, 0.25) is 0 Å². The Kier molecular flexibility index (Phi) is 6.39. The summed E-state index contributed by atoms with van der Waals surface area (Å²) < 4.78 is 19.7. The highest BCUT2D eigenvalue weighted by Gasteiger charge is 2.27. The number of H-pyrrole nitrogens is 1. The summed E-state index contributed by atoms with van der Waals surface area (Å²) in [7, 11) is 1.29. The fourth-order valence-corrected chi connectivity index (χ4v) is 4.81. The van der Waals surface area contributed by atoms with E-state index in [-0.39, 0.29) is 11.3 Å². The van der Waals surface area contributed by atoms with Crippen molar-refractivity contribution in [1.82, 2.24) is 14.5 Å². The highest BCUT2D eigenvalue weighted by Crippen LogP contribution is 2.29. The van der Waals surface area contributed by atoms with Crippen LogP contribution in [-0.4, -0.2) is 38.6 Å². The number of aryl methyl sites for hydroxylation is 1. The summed E-state index contributed by atoms with van der Waals surface area (Å²) in [5.41, 5.74) is 2.28. The number of ketones is 1. The summed E-state index contributed by atoms with van der Waals surface area (Å²) in [6, 6.07) is 12.4. The number of carbonyl (C=O) groups excluding carboxylic acids is 2. The van der Waals surface area contributed by atoms with Crippen molar-refractivity contribution in [2.45, 2.75) is 31.2 Å². The third-order valence-corrected chi connectivity index (χ3v) is 6.61. The molecule has 4 rings (SSSR count). The number of nitrogens with zero attached hydrogens (tertiary/aromatic N) is 2. The molecule has 2 aromatic carbocycles. The number of methoxy groups -OCH3 is 1. The lowest BCUT2D eigenvalue weighted by molar-refractivity contribution is 0.0599. The first kappa shape index (κ1) is 23.4. The van der Waals surface area contributed by atoms with Gasteiger partial charge in [-0.3, -0.25) is 14.2 Å². The van der Waals surface area contributed by atoms with Crippen LogP contribution in [0.1, 0.15) is 39.0 Å². The zero-order valence-electron chi connectivity index (χ0n) is 19.0. The average molecular weight is 480 g/mol. The molecule has 4 aromatic rings. The fraction of sp³-hybridized carbons (Fsp3) is 0.200. The number of aromatic nitrogens is 3. The van der Waals surface area contributed by atoms with Crippen LogP contribution in [0.4, 0.5) is 4.39 Å². The Balaban J connectivity index is 1.78. The quantitative estimate of drug-likeness (QED) is 0.188. The highest BCUT2D eigenvalue weighted by atomic mass is 32.2. The molecular weight excluding hydrogens is 457 g/mol. The number of esters is 1. The second-order valence-corrected chi connectivity index (χ2v) is 9.08. The number of para-hydroxylation sites is 1. The predicted molar refractivity (Wildman–Crippen MR) is 129 cm³/mol. The van der Waals surface area contributed by atoms with Gasteiger partial charge in [-0.1, -0.05) is 23.9 Å².